The van der Waals surface area contributed by atoms with E-state index in [2.05, 4.69) is 9.88 Å². The van der Waals surface area contributed by atoms with Gasteiger partial charge in [-0.25, -0.2) is 0 Å². The average Bonchev–Trinajstić information content (AvgIpc) is 1.32. The minimum atomic E-state index is 0.528. The van der Waals surface area contributed by atoms with Crippen molar-refractivity contribution in [3.63, 3.8) is 0 Å². The zero-order valence-corrected chi connectivity index (χ0v) is 3.97. The van der Waals surface area contributed by atoms with Crippen LogP contribution in [0, 0.1) is 0 Å². The van der Waals surface area contributed by atoms with Gasteiger partial charge in [-0.15, -0.1) is 9.53 Å². The lowest BCUT2D eigenvalue weighted by molar-refractivity contribution is -1.22. The van der Waals surface area contributed by atoms with Gasteiger partial charge in [-0.05, 0) is 4.99 Å². The minimum Gasteiger partial charge on any atom is -0.127 e. The normalized spacial score (nSPS) is 29.0. The van der Waals surface area contributed by atoms with E-state index in [0.717, 1.165) is 0 Å². The quantitative estimate of drug-likeness (QED) is 0.305. The molecule has 0 atom stereocenters. The minimum absolute atomic E-state index is 0.528. The predicted molar refractivity (Wildman–Crippen MR) is 19.1 cm³/mol. The van der Waals surface area contributed by atoms with Crippen LogP contribution in [0.4, 0.5) is 0 Å². The molecule has 0 radical (unpaired) electrons. The maximum Gasteiger partial charge on any atom is 0.251 e. The second kappa shape index (κ2) is 0.932. The smallest absolute Gasteiger partial charge is 0.127 e. The standard InChI is InChI=1S/C3H8NO2/c1-4(2)3-5-6-4/h3H2,1-2H3/q+1. The van der Waals surface area contributed by atoms with E-state index in [-0.39, 0.29) is 0 Å². The van der Waals surface area contributed by atoms with Gasteiger partial charge in [-0.1, -0.05) is 0 Å². The van der Waals surface area contributed by atoms with Crippen LogP contribution in [0.25, 0.3) is 0 Å². The Bertz CT molecular complexity index is 55.8. The lowest BCUT2D eigenvalue weighted by Gasteiger charge is -2.30. The van der Waals surface area contributed by atoms with Crippen molar-refractivity contribution in [2.45, 2.75) is 0 Å². The van der Waals surface area contributed by atoms with Crippen LogP contribution in [0.1, 0.15) is 0 Å². The fourth-order valence-corrected chi connectivity index (χ4v) is 0.264. The third-order valence-electron chi connectivity index (χ3n) is 0.618. The predicted octanol–water partition coefficient (Wildman–Crippen LogP) is -0.103. The molecular weight excluding hydrogens is 82.0 g/mol. The van der Waals surface area contributed by atoms with Crippen molar-refractivity contribution in [3.05, 3.63) is 0 Å². The lowest BCUT2D eigenvalue weighted by Crippen LogP contribution is -2.50. The molecule has 0 aromatic rings. The number of quaternary nitrogens is 1. The first-order valence-corrected chi connectivity index (χ1v) is 1.85. The second-order valence-electron chi connectivity index (χ2n) is 1.90. The van der Waals surface area contributed by atoms with Gasteiger partial charge in [0.05, 0.1) is 0 Å². The summed E-state index contributed by atoms with van der Waals surface area (Å²) in [6, 6.07) is 0. The number of hydroxylamine groups is 3. The number of nitrogens with zero attached hydrogens (tertiary/aromatic N) is 1. The Balaban J connectivity index is 2.31. The van der Waals surface area contributed by atoms with Crippen LogP contribution in [0.3, 0.4) is 0 Å². The molecule has 0 N–H and O–H groups in total. The van der Waals surface area contributed by atoms with Crippen LogP contribution in [-0.4, -0.2) is 25.5 Å². The Morgan fingerprint density at radius 2 is 1.83 bits per heavy atom. The maximum atomic E-state index is 4.56. The van der Waals surface area contributed by atoms with Crippen LogP contribution in [-0.2, 0) is 9.88 Å². The summed E-state index contributed by atoms with van der Waals surface area (Å²) in [6.45, 7) is 0.667. The summed E-state index contributed by atoms with van der Waals surface area (Å²) in [5.41, 5.74) is 0. The van der Waals surface area contributed by atoms with Crippen LogP contribution < -0.4 is 0 Å². The van der Waals surface area contributed by atoms with Crippen molar-refractivity contribution >= 4 is 0 Å². The van der Waals surface area contributed by atoms with Crippen LogP contribution in [0.2, 0.25) is 0 Å². The van der Waals surface area contributed by atoms with E-state index in [9.17, 15) is 0 Å². The highest BCUT2D eigenvalue weighted by Crippen LogP contribution is 2.09. The van der Waals surface area contributed by atoms with E-state index in [4.69, 9.17) is 0 Å². The molecule has 3 nitrogen and oxygen atoms in total. The summed E-state index contributed by atoms with van der Waals surface area (Å²) in [6.07, 6.45) is 0. The Morgan fingerprint density at radius 3 is 1.83 bits per heavy atom. The van der Waals surface area contributed by atoms with Gasteiger partial charge in [0.25, 0.3) is 6.73 Å². The summed E-state index contributed by atoms with van der Waals surface area (Å²) in [4.78, 5) is 8.97. The molecule has 1 aliphatic heterocycles. The molecule has 0 aromatic carbocycles. The molecule has 3 heteroatoms. The van der Waals surface area contributed by atoms with E-state index in [1.165, 1.54) is 0 Å². The van der Waals surface area contributed by atoms with Gasteiger partial charge in [0.15, 0.2) is 0 Å². The molecule has 1 heterocycles. The van der Waals surface area contributed by atoms with Crippen LogP contribution >= 0.6 is 0 Å². The van der Waals surface area contributed by atoms with Crippen molar-refractivity contribution < 1.29 is 14.5 Å². The van der Waals surface area contributed by atoms with Gasteiger partial charge in [0.2, 0.25) is 0 Å². The van der Waals surface area contributed by atoms with Crippen molar-refractivity contribution in [1.82, 2.24) is 0 Å². The van der Waals surface area contributed by atoms with Gasteiger partial charge in [-0.3, -0.25) is 0 Å². The van der Waals surface area contributed by atoms with Crippen molar-refractivity contribution in [2.24, 2.45) is 0 Å². The number of hydrogen-bond donors (Lipinski definition) is 0. The SMILES string of the molecule is C[N+]1(C)COO1. The molecule has 1 rings (SSSR count). The Hall–Kier alpha value is -0.120. The third-order valence-corrected chi connectivity index (χ3v) is 0.618. The molecule has 6 heavy (non-hydrogen) atoms. The summed E-state index contributed by atoms with van der Waals surface area (Å²) >= 11 is 0. The van der Waals surface area contributed by atoms with E-state index in [1.807, 2.05) is 14.1 Å². The molecule has 1 fully saturated rings. The molecule has 0 aromatic heterocycles. The second-order valence-corrected chi connectivity index (χ2v) is 1.90. The van der Waals surface area contributed by atoms with E-state index in [0.29, 0.717) is 11.4 Å². The van der Waals surface area contributed by atoms with Crippen LogP contribution in [0.15, 0.2) is 0 Å². The first-order chi connectivity index (χ1) is 2.71. The monoisotopic (exact) mass is 90.1 g/mol. The maximum absolute atomic E-state index is 4.56. The molecule has 1 saturated heterocycles. The highest BCUT2D eigenvalue weighted by atomic mass is 17.4. The zero-order valence-electron chi connectivity index (χ0n) is 3.97. The first kappa shape index (κ1) is 4.05. The van der Waals surface area contributed by atoms with E-state index >= 15 is 0 Å². The van der Waals surface area contributed by atoms with E-state index in [1.54, 1.807) is 0 Å². The summed E-state index contributed by atoms with van der Waals surface area (Å²) in [7, 11) is 3.84. The van der Waals surface area contributed by atoms with Crippen molar-refractivity contribution in [3.8, 4) is 0 Å². The molecule has 0 spiro atoms. The highest BCUT2D eigenvalue weighted by Gasteiger charge is 2.29. The topological polar surface area (TPSA) is 18.5 Å². The molecule has 0 amide bonds. The Labute approximate surface area is 36.5 Å². The van der Waals surface area contributed by atoms with Gasteiger partial charge in [0, 0.05) is 0 Å². The zero-order chi connectivity index (χ0) is 4.62. The Morgan fingerprint density at radius 1 is 1.50 bits per heavy atom. The molecular formula is C3H8NO2+. The summed E-state index contributed by atoms with van der Waals surface area (Å²) in [5.74, 6) is 0. The highest BCUT2D eigenvalue weighted by molar-refractivity contribution is 3.95. The average molecular weight is 90.1 g/mol. The largest absolute Gasteiger partial charge is 0.251 e. The molecule has 0 saturated carbocycles. The summed E-state index contributed by atoms with van der Waals surface area (Å²) in [5, 5.41) is 0. The van der Waals surface area contributed by atoms with Crippen molar-refractivity contribution in [1.29, 1.82) is 0 Å². The third kappa shape index (κ3) is 0.518. The van der Waals surface area contributed by atoms with Crippen LogP contribution in [0.5, 0.6) is 0 Å². The first-order valence-electron chi connectivity index (χ1n) is 1.85. The number of rotatable bonds is 0. The Kier molecular flexibility index (Phi) is 0.629. The molecule has 0 unspecified atom stereocenters. The molecule has 1 aliphatic rings. The lowest BCUT2D eigenvalue weighted by atomic mass is 10.9. The molecule has 36 valence electrons. The van der Waals surface area contributed by atoms with Gasteiger partial charge in [-0.2, -0.15) is 0 Å². The number of hydrogen-bond acceptors (Lipinski definition) is 2. The van der Waals surface area contributed by atoms with Gasteiger partial charge < -0.3 is 0 Å². The van der Waals surface area contributed by atoms with Gasteiger partial charge in [0.1, 0.15) is 14.1 Å². The summed E-state index contributed by atoms with van der Waals surface area (Å²) < 4.78 is 0.528. The fraction of sp³-hybridized carbons (Fsp3) is 1.00. The van der Waals surface area contributed by atoms with Crippen molar-refractivity contribution in [2.75, 3.05) is 20.8 Å². The fourth-order valence-electron chi connectivity index (χ4n) is 0.264. The van der Waals surface area contributed by atoms with Gasteiger partial charge >= 0.3 is 0 Å². The van der Waals surface area contributed by atoms with E-state index < -0.39 is 0 Å². The molecule has 0 bridgehead atoms. The molecule has 0 aliphatic carbocycles.